The van der Waals surface area contributed by atoms with E-state index in [9.17, 15) is 0 Å². The Balaban J connectivity index is 2.99. The Morgan fingerprint density at radius 3 is 1.67 bits per heavy atom. The van der Waals surface area contributed by atoms with Gasteiger partial charge in [-0.2, -0.15) is 0 Å². The molecule has 38 valence electrons. The van der Waals surface area contributed by atoms with Crippen LogP contribution in [0.25, 0.3) is 0 Å². The third-order valence-electron chi connectivity index (χ3n) is 0.815. The van der Waals surface area contributed by atoms with Crippen molar-refractivity contribution in [1.29, 1.82) is 0 Å². The van der Waals surface area contributed by atoms with Crippen LogP contribution >= 0.6 is 9.24 Å². The fourth-order valence-corrected chi connectivity index (χ4v) is 0. The molecule has 0 aromatic carbocycles. The van der Waals surface area contributed by atoms with Crippen molar-refractivity contribution in [3.05, 3.63) is 0 Å². The largest absolute Gasteiger partial charge is 0.303 e. The molecule has 0 aromatic rings. The van der Waals surface area contributed by atoms with E-state index in [4.69, 9.17) is 0 Å². The summed E-state index contributed by atoms with van der Waals surface area (Å²) in [5.74, 6) is 0.602. The second-order valence-electron chi connectivity index (χ2n) is 1.70. The minimum atomic E-state index is 0.602. The van der Waals surface area contributed by atoms with Gasteiger partial charge in [-0.1, -0.05) is 0 Å². The van der Waals surface area contributed by atoms with Crippen LogP contribution in [0.3, 0.4) is 0 Å². The molecular formula is C4H12NP. The molecule has 0 amide bonds. The van der Waals surface area contributed by atoms with Crippen molar-refractivity contribution in [2.45, 2.75) is 12.7 Å². The van der Waals surface area contributed by atoms with Crippen LogP contribution in [0.4, 0.5) is 0 Å². The first-order valence-electron chi connectivity index (χ1n) is 2.06. The number of hydrogen-bond donors (Lipinski definition) is 0. The summed E-state index contributed by atoms with van der Waals surface area (Å²) in [5, 5.41) is 0. The molecule has 2 heteroatoms. The summed E-state index contributed by atoms with van der Waals surface area (Å²) >= 11 is 0. The van der Waals surface area contributed by atoms with Gasteiger partial charge in [-0.3, -0.25) is 0 Å². The summed E-state index contributed by atoms with van der Waals surface area (Å²) < 4.78 is 0. The third-order valence-corrected chi connectivity index (χ3v) is 1.41. The molecule has 0 rings (SSSR count). The molecule has 1 nitrogen and oxygen atoms in total. The summed E-state index contributed by atoms with van der Waals surface area (Å²) in [6, 6.07) is 0. The van der Waals surface area contributed by atoms with Gasteiger partial charge in [0.2, 0.25) is 0 Å². The first kappa shape index (κ1) is 6.39. The van der Waals surface area contributed by atoms with Gasteiger partial charge in [0.25, 0.3) is 0 Å². The molecule has 0 N–H and O–H groups in total. The Bertz CT molecular complexity index is 28.5. The molecule has 0 heterocycles. The van der Waals surface area contributed by atoms with Crippen molar-refractivity contribution in [3.8, 4) is 0 Å². The van der Waals surface area contributed by atoms with E-state index in [2.05, 4.69) is 35.2 Å². The van der Waals surface area contributed by atoms with Gasteiger partial charge < -0.3 is 4.90 Å². The normalized spacial score (nSPS) is 15.5. The first-order valence-corrected chi connectivity index (χ1v) is 2.73. The predicted molar refractivity (Wildman–Crippen MR) is 32.9 cm³/mol. The van der Waals surface area contributed by atoms with E-state index in [0.717, 1.165) is 0 Å². The van der Waals surface area contributed by atoms with Crippen LogP contribution in [-0.2, 0) is 0 Å². The maximum Gasteiger partial charge on any atom is 0.0205 e. The molecule has 0 aliphatic heterocycles. The average molecular weight is 105 g/mol. The molecule has 0 aliphatic carbocycles. The molecule has 0 aromatic heterocycles. The van der Waals surface area contributed by atoms with Crippen LogP contribution < -0.4 is 0 Å². The smallest absolute Gasteiger partial charge is 0.0205 e. The highest BCUT2D eigenvalue weighted by molar-refractivity contribution is 7.17. The average Bonchev–Trinajstić information content (AvgIpc) is 1.36. The van der Waals surface area contributed by atoms with E-state index in [1.165, 1.54) is 0 Å². The molecule has 2 unspecified atom stereocenters. The topological polar surface area (TPSA) is 3.24 Å². The maximum atomic E-state index is 2.70. The standard InChI is InChI=1S/C4H12NP/c1-4(6)5(2)3/h4H,6H2,1-3H3. The predicted octanol–water partition coefficient (Wildman–Crippen LogP) is 0.769. The number of nitrogens with zero attached hydrogens (tertiary/aromatic N) is 1. The highest BCUT2D eigenvalue weighted by Gasteiger charge is 1.90. The van der Waals surface area contributed by atoms with Gasteiger partial charge in [0.15, 0.2) is 0 Å². The summed E-state index contributed by atoms with van der Waals surface area (Å²) in [4.78, 5) is 2.13. The highest BCUT2D eigenvalue weighted by atomic mass is 31.0. The number of hydrogen-bond acceptors (Lipinski definition) is 1. The summed E-state index contributed by atoms with van der Waals surface area (Å²) in [6.07, 6.45) is 0. The van der Waals surface area contributed by atoms with Crippen LogP contribution in [0.2, 0.25) is 0 Å². The lowest BCUT2D eigenvalue weighted by Crippen LogP contribution is -2.17. The SMILES string of the molecule is CC(P)N(C)C. The lowest BCUT2D eigenvalue weighted by atomic mass is 10.7. The maximum absolute atomic E-state index is 2.70. The second-order valence-corrected chi connectivity index (χ2v) is 2.67. The van der Waals surface area contributed by atoms with Crippen LogP contribution in [0.1, 0.15) is 6.92 Å². The number of rotatable bonds is 1. The van der Waals surface area contributed by atoms with Gasteiger partial charge in [0, 0.05) is 5.78 Å². The van der Waals surface area contributed by atoms with Gasteiger partial charge in [-0.15, -0.1) is 9.24 Å². The third kappa shape index (κ3) is 2.62. The Hall–Kier alpha value is 0.390. The second kappa shape index (κ2) is 2.54. The molecule has 6 heavy (non-hydrogen) atoms. The fraction of sp³-hybridized carbons (Fsp3) is 1.00. The monoisotopic (exact) mass is 105 g/mol. The van der Waals surface area contributed by atoms with Gasteiger partial charge in [-0.25, -0.2) is 0 Å². The Morgan fingerprint density at radius 2 is 1.67 bits per heavy atom. The lowest BCUT2D eigenvalue weighted by Gasteiger charge is -2.12. The summed E-state index contributed by atoms with van der Waals surface area (Å²) in [6.45, 7) is 2.13. The van der Waals surface area contributed by atoms with Crippen molar-refractivity contribution < 1.29 is 0 Å². The van der Waals surface area contributed by atoms with Crippen molar-refractivity contribution in [3.63, 3.8) is 0 Å². The zero-order valence-electron chi connectivity index (χ0n) is 4.60. The van der Waals surface area contributed by atoms with Crippen LogP contribution in [0.5, 0.6) is 0 Å². The van der Waals surface area contributed by atoms with E-state index in [-0.39, 0.29) is 0 Å². The Morgan fingerprint density at radius 1 is 1.50 bits per heavy atom. The van der Waals surface area contributed by atoms with Gasteiger partial charge in [-0.05, 0) is 21.0 Å². The summed E-state index contributed by atoms with van der Waals surface area (Å²) in [5.41, 5.74) is 0. The Kier molecular flexibility index (Phi) is 2.71. The van der Waals surface area contributed by atoms with Gasteiger partial charge in [0.1, 0.15) is 0 Å². The van der Waals surface area contributed by atoms with E-state index in [0.29, 0.717) is 5.78 Å². The van der Waals surface area contributed by atoms with E-state index in [1.807, 2.05) is 0 Å². The molecule has 0 spiro atoms. The molecule has 2 atom stereocenters. The summed E-state index contributed by atoms with van der Waals surface area (Å²) in [7, 11) is 6.81. The van der Waals surface area contributed by atoms with Crippen LogP contribution in [0, 0.1) is 0 Å². The van der Waals surface area contributed by atoms with Crippen molar-refractivity contribution in [2.75, 3.05) is 14.1 Å². The van der Waals surface area contributed by atoms with E-state index < -0.39 is 0 Å². The zero-order chi connectivity index (χ0) is 5.15. The van der Waals surface area contributed by atoms with Crippen molar-refractivity contribution in [1.82, 2.24) is 4.90 Å². The zero-order valence-corrected chi connectivity index (χ0v) is 5.76. The minimum absolute atomic E-state index is 0.602. The van der Waals surface area contributed by atoms with Gasteiger partial charge >= 0.3 is 0 Å². The quantitative estimate of drug-likeness (QED) is 0.445. The minimum Gasteiger partial charge on any atom is -0.303 e. The Labute approximate surface area is 41.9 Å². The molecule has 0 aliphatic rings. The van der Waals surface area contributed by atoms with E-state index in [1.54, 1.807) is 0 Å². The highest BCUT2D eigenvalue weighted by Crippen LogP contribution is 1.97. The molecule has 0 saturated heterocycles. The van der Waals surface area contributed by atoms with Crippen molar-refractivity contribution in [2.24, 2.45) is 0 Å². The van der Waals surface area contributed by atoms with E-state index >= 15 is 0 Å². The van der Waals surface area contributed by atoms with Crippen LogP contribution in [-0.4, -0.2) is 24.8 Å². The molecular weight excluding hydrogens is 93.0 g/mol. The molecule has 0 radical (unpaired) electrons. The first-order chi connectivity index (χ1) is 2.64. The fourth-order valence-electron chi connectivity index (χ4n) is 0. The molecule has 0 fully saturated rings. The molecule has 0 saturated carbocycles. The van der Waals surface area contributed by atoms with Crippen molar-refractivity contribution >= 4 is 9.24 Å². The van der Waals surface area contributed by atoms with Gasteiger partial charge in [0.05, 0.1) is 0 Å². The molecule has 0 bridgehead atoms. The van der Waals surface area contributed by atoms with Crippen LogP contribution in [0.15, 0.2) is 0 Å². The lowest BCUT2D eigenvalue weighted by molar-refractivity contribution is 0.402.